The Bertz CT molecular complexity index is 916. The average molecular weight is 517 g/mol. The SMILES string of the molecule is CC(=O)N[C@H]1[C@H]([C@H](OC(C)=O)[C@@H](COC(C)=O)OC(C)=O)O[C@]2(C[C@@H]1OC(C)=O)C(=O)OCC2(C)O. The lowest BCUT2D eigenvalue weighted by Crippen LogP contribution is -2.72. The van der Waals surface area contributed by atoms with Crippen molar-refractivity contribution in [1.29, 1.82) is 0 Å². The molecule has 14 heteroatoms. The Morgan fingerprint density at radius 1 is 1.03 bits per heavy atom. The van der Waals surface area contributed by atoms with Crippen molar-refractivity contribution in [1.82, 2.24) is 5.32 Å². The minimum absolute atomic E-state index is 0.422. The normalized spacial score (nSPS) is 31.0. The maximum absolute atomic E-state index is 12.9. The van der Waals surface area contributed by atoms with Gasteiger partial charge in [-0.15, -0.1) is 0 Å². The molecule has 2 aliphatic rings. The van der Waals surface area contributed by atoms with Gasteiger partial charge < -0.3 is 38.8 Å². The molecule has 36 heavy (non-hydrogen) atoms. The van der Waals surface area contributed by atoms with Gasteiger partial charge in [0.05, 0.1) is 6.04 Å². The number of hydrogen-bond donors (Lipinski definition) is 2. The molecule has 2 heterocycles. The Morgan fingerprint density at radius 3 is 2.08 bits per heavy atom. The molecule has 0 aromatic rings. The van der Waals surface area contributed by atoms with E-state index in [1.807, 2.05) is 0 Å². The Morgan fingerprint density at radius 2 is 1.64 bits per heavy atom. The summed E-state index contributed by atoms with van der Waals surface area (Å²) in [5.74, 6) is -4.83. The molecule has 0 aliphatic carbocycles. The number of amides is 1. The summed E-state index contributed by atoms with van der Waals surface area (Å²) in [5.41, 5.74) is -4.05. The van der Waals surface area contributed by atoms with E-state index >= 15 is 0 Å². The van der Waals surface area contributed by atoms with E-state index in [0.29, 0.717) is 0 Å². The van der Waals surface area contributed by atoms with E-state index in [0.717, 1.165) is 34.6 Å². The molecule has 2 saturated heterocycles. The largest absolute Gasteiger partial charge is 0.462 e. The smallest absolute Gasteiger partial charge is 0.341 e. The molecule has 2 aliphatic heterocycles. The molecule has 0 aromatic carbocycles. The number of hydrogen-bond acceptors (Lipinski definition) is 13. The van der Waals surface area contributed by atoms with Crippen LogP contribution in [0.2, 0.25) is 0 Å². The number of carbonyl (C=O) groups is 6. The third kappa shape index (κ3) is 6.49. The summed E-state index contributed by atoms with van der Waals surface area (Å²) < 4.78 is 32.1. The first-order chi connectivity index (χ1) is 16.6. The third-order valence-electron chi connectivity index (χ3n) is 5.71. The van der Waals surface area contributed by atoms with E-state index in [2.05, 4.69) is 5.32 Å². The molecule has 0 saturated carbocycles. The molecule has 0 radical (unpaired) electrons. The molecular weight excluding hydrogens is 486 g/mol. The summed E-state index contributed by atoms with van der Waals surface area (Å²) in [5, 5.41) is 13.6. The fraction of sp³-hybridized carbons (Fsp3) is 0.727. The van der Waals surface area contributed by atoms with Gasteiger partial charge in [-0.25, -0.2) is 4.79 Å². The molecule has 2 rings (SSSR count). The van der Waals surface area contributed by atoms with Crippen LogP contribution in [0.15, 0.2) is 0 Å². The number of ether oxygens (including phenoxy) is 6. The number of aliphatic hydroxyl groups is 1. The van der Waals surface area contributed by atoms with Gasteiger partial charge in [-0.1, -0.05) is 0 Å². The predicted octanol–water partition coefficient (Wildman–Crippen LogP) is -1.32. The Kier molecular flexibility index (Phi) is 9.02. The van der Waals surface area contributed by atoms with E-state index in [-0.39, 0.29) is 0 Å². The highest BCUT2D eigenvalue weighted by Gasteiger charge is 2.68. The molecule has 0 bridgehead atoms. The molecule has 2 fully saturated rings. The fourth-order valence-electron chi connectivity index (χ4n) is 4.28. The standard InChI is InChI=1S/C22H31NO13/c1-10(24)23-17-15(33-12(3)26)7-22(20(29)32-9-21(22,6)30)36-19(17)18(35-14(5)28)16(34-13(4)27)8-31-11(2)25/h15-19,30H,7-9H2,1-6H3,(H,23,24)/t15-,16+,17+,18+,19+,21?,22+/m0/s1. The predicted molar refractivity (Wildman–Crippen MR) is 115 cm³/mol. The third-order valence-corrected chi connectivity index (χ3v) is 5.71. The van der Waals surface area contributed by atoms with Gasteiger partial charge >= 0.3 is 29.8 Å². The van der Waals surface area contributed by atoms with Gasteiger partial charge in [-0.05, 0) is 6.92 Å². The van der Waals surface area contributed by atoms with Gasteiger partial charge in [0, 0.05) is 41.0 Å². The fourth-order valence-corrected chi connectivity index (χ4v) is 4.28. The van der Waals surface area contributed by atoms with E-state index < -0.39 is 97.0 Å². The molecular formula is C22H31NO13. The van der Waals surface area contributed by atoms with E-state index in [9.17, 15) is 33.9 Å². The molecule has 2 N–H and O–H groups in total. The van der Waals surface area contributed by atoms with Crippen LogP contribution < -0.4 is 5.32 Å². The number of cyclic esters (lactones) is 1. The first-order valence-corrected chi connectivity index (χ1v) is 11.1. The minimum Gasteiger partial charge on any atom is -0.462 e. The van der Waals surface area contributed by atoms with E-state index in [1.54, 1.807) is 0 Å². The Hall–Kier alpha value is -3.26. The maximum atomic E-state index is 12.9. The van der Waals surface area contributed by atoms with Gasteiger partial charge in [0.25, 0.3) is 0 Å². The quantitative estimate of drug-likeness (QED) is 0.285. The molecule has 14 nitrogen and oxygen atoms in total. The van der Waals surface area contributed by atoms with Gasteiger partial charge in [0.1, 0.15) is 31.0 Å². The van der Waals surface area contributed by atoms with Crippen LogP contribution in [-0.2, 0) is 57.2 Å². The van der Waals surface area contributed by atoms with Crippen molar-refractivity contribution in [3.8, 4) is 0 Å². The van der Waals surface area contributed by atoms with E-state index in [1.165, 1.54) is 6.92 Å². The highest BCUT2D eigenvalue weighted by molar-refractivity contribution is 5.84. The number of rotatable bonds is 8. The van der Waals surface area contributed by atoms with Crippen LogP contribution in [-0.4, -0.2) is 95.7 Å². The molecule has 7 atom stereocenters. The highest BCUT2D eigenvalue weighted by Crippen LogP contribution is 2.45. The molecule has 1 spiro atoms. The van der Waals surface area contributed by atoms with Crippen molar-refractivity contribution in [3.05, 3.63) is 0 Å². The first kappa shape index (κ1) is 29.0. The summed E-state index contributed by atoms with van der Waals surface area (Å²) in [4.78, 5) is 72.3. The zero-order valence-electron chi connectivity index (χ0n) is 20.9. The van der Waals surface area contributed by atoms with Crippen LogP contribution in [0.3, 0.4) is 0 Å². The second-order valence-corrected chi connectivity index (χ2v) is 8.86. The van der Waals surface area contributed by atoms with Gasteiger partial charge in [-0.3, -0.25) is 24.0 Å². The van der Waals surface area contributed by atoms with Gasteiger partial charge in [-0.2, -0.15) is 0 Å². The zero-order chi connectivity index (χ0) is 27.4. The maximum Gasteiger partial charge on any atom is 0.341 e. The lowest BCUT2D eigenvalue weighted by Gasteiger charge is -2.50. The van der Waals surface area contributed by atoms with Crippen molar-refractivity contribution < 1.29 is 62.3 Å². The van der Waals surface area contributed by atoms with Crippen molar-refractivity contribution in [2.24, 2.45) is 0 Å². The number of nitrogens with one attached hydrogen (secondary N) is 1. The van der Waals surface area contributed by atoms with Gasteiger partial charge in [0.2, 0.25) is 11.5 Å². The molecule has 1 unspecified atom stereocenters. The number of carbonyl (C=O) groups excluding carboxylic acids is 6. The summed E-state index contributed by atoms with van der Waals surface area (Å²) in [7, 11) is 0. The lowest BCUT2D eigenvalue weighted by atomic mass is 9.76. The summed E-state index contributed by atoms with van der Waals surface area (Å²) in [6.45, 7) is 5.66. The summed E-state index contributed by atoms with van der Waals surface area (Å²) >= 11 is 0. The van der Waals surface area contributed by atoms with Crippen LogP contribution in [0, 0.1) is 0 Å². The lowest BCUT2D eigenvalue weighted by molar-refractivity contribution is -0.260. The van der Waals surface area contributed by atoms with E-state index in [4.69, 9.17) is 28.4 Å². The van der Waals surface area contributed by atoms with Crippen LogP contribution in [0.5, 0.6) is 0 Å². The van der Waals surface area contributed by atoms with Crippen LogP contribution >= 0.6 is 0 Å². The van der Waals surface area contributed by atoms with Crippen LogP contribution in [0.4, 0.5) is 0 Å². The average Bonchev–Trinajstić information content (AvgIpc) is 2.93. The second kappa shape index (κ2) is 11.2. The monoisotopic (exact) mass is 517 g/mol. The minimum atomic E-state index is -2.12. The van der Waals surface area contributed by atoms with Crippen molar-refractivity contribution >= 4 is 35.8 Å². The van der Waals surface area contributed by atoms with Crippen molar-refractivity contribution in [2.45, 2.75) is 89.6 Å². The topological polar surface area (TPSA) is 190 Å². The van der Waals surface area contributed by atoms with Crippen LogP contribution in [0.1, 0.15) is 48.0 Å². The number of esters is 5. The Labute approximate surface area is 206 Å². The summed E-state index contributed by atoms with van der Waals surface area (Å²) in [6.07, 6.45) is -6.36. The molecule has 1 amide bonds. The molecule has 202 valence electrons. The summed E-state index contributed by atoms with van der Waals surface area (Å²) in [6, 6.07) is -1.26. The zero-order valence-corrected chi connectivity index (χ0v) is 20.9. The van der Waals surface area contributed by atoms with Crippen molar-refractivity contribution in [3.63, 3.8) is 0 Å². The molecule has 0 aromatic heterocycles. The first-order valence-electron chi connectivity index (χ1n) is 11.1. The van der Waals surface area contributed by atoms with Gasteiger partial charge in [0.15, 0.2) is 12.2 Å². The Balaban J connectivity index is 2.69. The highest BCUT2D eigenvalue weighted by atomic mass is 16.7. The van der Waals surface area contributed by atoms with Crippen molar-refractivity contribution in [2.75, 3.05) is 13.2 Å². The second-order valence-electron chi connectivity index (χ2n) is 8.86. The van der Waals surface area contributed by atoms with Crippen LogP contribution in [0.25, 0.3) is 0 Å².